The fraction of sp³-hybridized carbons (Fsp3) is 0.588. The molecule has 0 unspecified atom stereocenters. The monoisotopic (exact) mass is 355 g/mol. The molecule has 1 heterocycles. The van der Waals surface area contributed by atoms with Crippen molar-refractivity contribution in [2.45, 2.75) is 45.3 Å². The van der Waals surface area contributed by atoms with Gasteiger partial charge in [-0.25, -0.2) is 8.42 Å². The summed E-state index contributed by atoms with van der Waals surface area (Å²) in [6.45, 7) is 4.70. The van der Waals surface area contributed by atoms with Gasteiger partial charge in [-0.2, -0.15) is 0 Å². The first-order valence-corrected chi connectivity index (χ1v) is 10.0. The number of piperidine rings is 1. The number of hydrogen-bond acceptors (Lipinski definition) is 5. The summed E-state index contributed by atoms with van der Waals surface area (Å²) in [5.41, 5.74) is 0.396. The fourth-order valence-electron chi connectivity index (χ4n) is 2.72. The van der Waals surface area contributed by atoms with Gasteiger partial charge in [0, 0.05) is 31.3 Å². The number of aliphatic hydroxyl groups excluding tert-OH is 1. The number of rotatable bonds is 4. The van der Waals surface area contributed by atoms with Crippen LogP contribution >= 0.6 is 0 Å². The second-order valence-corrected chi connectivity index (χ2v) is 8.53. The number of sulfone groups is 1. The lowest BCUT2D eigenvalue weighted by Crippen LogP contribution is -2.40. The van der Waals surface area contributed by atoms with E-state index in [1.165, 1.54) is 12.2 Å². The Kier molecular flexibility index (Phi) is 5.87. The molecule has 0 spiro atoms. The lowest BCUT2D eigenvalue weighted by Gasteiger charge is -2.30. The number of likely N-dealkylation sites (tertiary alicyclic amines) is 1. The van der Waals surface area contributed by atoms with E-state index >= 15 is 0 Å². The maximum atomic E-state index is 12.8. The van der Waals surface area contributed by atoms with Crippen LogP contribution in [0.15, 0.2) is 34.5 Å². The highest BCUT2D eigenvalue weighted by atomic mass is 32.2. The van der Waals surface area contributed by atoms with Gasteiger partial charge in [0.1, 0.15) is 5.76 Å². The van der Waals surface area contributed by atoms with Crippen LogP contribution in [0.4, 0.5) is 0 Å². The van der Waals surface area contributed by atoms with Gasteiger partial charge >= 0.3 is 0 Å². The lowest BCUT2D eigenvalue weighted by molar-refractivity contribution is -0.129. The van der Waals surface area contributed by atoms with Crippen molar-refractivity contribution in [3.63, 3.8) is 0 Å². The van der Waals surface area contributed by atoms with Crippen LogP contribution in [0.1, 0.15) is 33.1 Å². The molecule has 1 N–H and O–H groups in total. The highest BCUT2D eigenvalue weighted by Gasteiger charge is 2.26. The third-order valence-corrected chi connectivity index (χ3v) is 5.07. The van der Waals surface area contributed by atoms with Gasteiger partial charge in [-0.3, -0.25) is 4.79 Å². The minimum atomic E-state index is -3.43. The lowest BCUT2D eigenvalue weighted by atomic mass is 10.0. The Morgan fingerprint density at radius 2 is 1.92 bits per heavy atom. The number of carbonyl (C=O) groups excluding carboxylic acids is 1. The van der Waals surface area contributed by atoms with Gasteiger partial charge in [-0.05, 0) is 44.9 Å². The summed E-state index contributed by atoms with van der Waals surface area (Å²) in [6.07, 6.45) is 6.56. The molecule has 24 heavy (non-hydrogen) atoms. The van der Waals surface area contributed by atoms with Crippen LogP contribution < -0.4 is 0 Å². The van der Waals surface area contributed by atoms with Crippen molar-refractivity contribution in [3.05, 3.63) is 34.5 Å². The summed E-state index contributed by atoms with van der Waals surface area (Å²) >= 11 is 0. The zero-order valence-electron chi connectivity index (χ0n) is 14.4. The van der Waals surface area contributed by atoms with E-state index in [1.54, 1.807) is 11.0 Å². The highest BCUT2D eigenvalue weighted by molar-refractivity contribution is 7.94. The molecular weight excluding hydrogens is 330 g/mol. The van der Waals surface area contributed by atoms with Crippen LogP contribution in [0.3, 0.4) is 0 Å². The van der Waals surface area contributed by atoms with Gasteiger partial charge in [-0.15, -0.1) is 0 Å². The van der Waals surface area contributed by atoms with Crippen molar-refractivity contribution in [1.29, 1.82) is 0 Å². The van der Waals surface area contributed by atoms with E-state index in [1.807, 2.05) is 13.8 Å². The number of nitrogens with zero attached hydrogens (tertiary/aromatic N) is 1. The molecule has 1 saturated heterocycles. The van der Waals surface area contributed by atoms with Crippen LogP contribution in [0.25, 0.3) is 0 Å². The minimum Gasteiger partial charge on any atom is -0.495 e. The molecule has 1 amide bonds. The van der Waals surface area contributed by atoms with E-state index in [0.717, 1.165) is 6.26 Å². The Labute approximate surface area is 143 Å². The molecule has 0 atom stereocenters. The maximum absolute atomic E-state index is 12.8. The van der Waals surface area contributed by atoms with Crippen molar-refractivity contribution in [2.24, 2.45) is 0 Å². The normalized spacial score (nSPS) is 20.2. The number of aliphatic hydroxyl groups is 1. The molecule has 6 nitrogen and oxygen atoms in total. The zero-order chi connectivity index (χ0) is 17.9. The van der Waals surface area contributed by atoms with Crippen molar-refractivity contribution in [1.82, 2.24) is 4.90 Å². The predicted octanol–water partition coefficient (Wildman–Crippen LogP) is 1.54. The topological polar surface area (TPSA) is 83.9 Å². The molecule has 0 aromatic heterocycles. The summed E-state index contributed by atoms with van der Waals surface area (Å²) in [4.78, 5) is 14.6. The largest absolute Gasteiger partial charge is 0.495 e. The second kappa shape index (κ2) is 7.53. The Balaban J connectivity index is 2.29. The Bertz CT molecular complexity index is 680. The van der Waals surface area contributed by atoms with Crippen molar-refractivity contribution in [3.8, 4) is 0 Å². The van der Waals surface area contributed by atoms with Gasteiger partial charge < -0.3 is 14.7 Å². The van der Waals surface area contributed by atoms with E-state index in [4.69, 9.17) is 4.74 Å². The number of carbonyl (C=O) groups is 1. The summed E-state index contributed by atoms with van der Waals surface area (Å²) in [5, 5.41) is 9.58. The number of allylic oxidation sites excluding steroid dienone is 4. The van der Waals surface area contributed by atoms with Crippen molar-refractivity contribution < 1.29 is 23.1 Å². The highest BCUT2D eigenvalue weighted by Crippen LogP contribution is 2.25. The number of amides is 1. The molecule has 0 aromatic rings. The van der Waals surface area contributed by atoms with Crippen LogP contribution in [-0.4, -0.2) is 55.9 Å². The average Bonchev–Trinajstić information content (AvgIpc) is 2.69. The fourth-order valence-corrected chi connectivity index (χ4v) is 3.39. The minimum absolute atomic E-state index is 0.0640. The molecule has 0 radical (unpaired) electrons. The van der Waals surface area contributed by atoms with E-state index < -0.39 is 9.84 Å². The SMILES string of the molecule is CC(C)OC1=CC=C(S(C)(=O)=O)C=C(C(=O)N2CCC(O)CC2)C1. The van der Waals surface area contributed by atoms with Gasteiger partial charge in [0.05, 0.1) is 17.1 Å². The van der Waals surface area contributed by atoms with E-state index in [-0.39, 0.29) is 29.4 Å². The van der Waals surface area contributed by atoms with Crippen LogP contribution in [-0.2, 0) is 19.4 Å². The second-order valence-electron chi connectivity index (χ2n) is 6.51. The first-order chi connectivity index (χ1) is 11.2. The molecule has 1 aliphatic heterocycles. The quantitative estimate of drug-likeness (QED) is 0.827. The molecule has 134 valence electrons. The van der Waals surface area contributed by atoms with Crippen LogP contribution in [0.2, 0.25) is 0 Å². The Morgan fingerprint density at radius 3 is 2.46 bits per heavy atom. The maximum Gasteiger partial charge on any atom is 0.250 e. The van der Waals surface area contributed by atoms with Crippen molar-refractivity contribution >= 4 is 15.7 Å². The first-order valence-electron chi connectivity index (χ1n) is 8.12. The summed E-state index contributed by atoms with van der Waals surface area (Å²) in [6, 6.07) is 0. The first kappa shape index (κ1) is 18.7. The third-order valence-electron chi connectivity index (χ3n) is 3.96. The predicted molar refractivity (Wildman–Crippen MR) is 91.8 cm³/mol. The number of ether oxygens (including phenoxy) is 1. The molecule has 0 bridgehead atoms. The van der Waals surface area contributed by atoms with Crippen LogP contribution in [0.5, 0.6) is 0 Å². The van der Waals surface area contributed by atoms with Crippen molar-refractivity contribution in [2.75, 3.05) is 19.3 Å². The molecule has 0 saturated carbocycles. The molecule has 2 aliphatic rings. The smallest absolute Gasteiger partial charge is 0.250 e. The molecular formula is C17H25NO5S. The molecule has 2 rings (SSSR count). The third kappa shape index (κ3) is 4.95. The van der Waals surface area contributed by atoms with Gasteiger partial charge in [-0.1, -0.05) is 0 Å². The van der Waals surface area contributed by atoms with E-state index in [0.29, 0.717) is 37.3 Å². The number of hydrogen-bond donors (Lipinski definition) is 1. The average molecular weight is 355 g/mol. The summed E-state index contributed by atoms with van der Waals surface area (Å²) < 4.78 is 29.5. The van der Waals surface area contributed by atoms with Gasteiger partial charge in [0.15, 0.2) is 9.84 Å². The molecule has 1 aliphatic carbocycles. The molecule has 1 fully saturated rings. The Hall–Kier alpha value is -1.60. The van der Waals surface area contributed by atoms with Gasteiger partial charge in [0.2, 0.25) is 5.91 Å². The van der Waals surface area contributed by atoms with E-state index in [9.17, 15) is 18.3 Å². The molecule has 7 heteroatoms. The van der Waals surface area contributed by atoms with Crippen LogP contribution in [0, 0.1) is 0 Å². The standard InChI is InChI=1S/C17H25NO5S/c1-12(2)23-15-4-5-16(24(3,21)22)11-13(10-15)17(20)18-8-6-14(19)7-9-18/h4-5,11-12,14,19H,6-10H2,1-3H3. The Morgan fingerprint density at radius 1 is 1.29 bits per heavy atom. The van der Waals surface area contributed by atoms with E-state index in [2.05, 4.69) is 0 Å². The van der Waals surface area contributed by atoms with Gasteiger partial charge in [0.25, 0.3) is 0 Å². The summed E-state index contributed by atoms with van der Waals surface area (Å²) in [7, 11) is -3.43. The zero-order valence-corrected chi connectivity index (χ0v) is 15.2. The molecule has 0 aromatic carbocycles. The summed E-state index contributed by atoms with van der Waals surface area (Å²) in [5.74, 6) is 0.372.